The van der Waals surface area contributed by atoms with Crippen molar-refractivity contribution in [2.45, 2.75) is 38.5 Å². The molecule has 1 aromatic rings. The van der Waals surface area contributed by atoms with Gasteiger partial charge in [-0.1, -0.05) is 19.0 Å². The Labute approximate surface area is 96.0 Å². The van der Waals surface area contributed by atoms with Gasteiger partial charge in [-0.05, 0) is 31.8 Å². The molecule has 3 saturated heterocycles. The first-order chi connectivity index (χ1) is 7.74. The van der Waals surface area contributed by atoms with Crippen LogP contribution in [0, 0.1) is 5.92 Å². The van der Waals surface area contributed by atoms with Crippen molar-refractivity contribution in [2.75, 3.05) is 19.6 Å². The molecular weight excluding hydrogens is 202 g/mol. The predicted molar refractivity (Wildman–Crippen MR) is 60.3 cm³/mol. The van der Waals surface area contributed by atoms with Gasteiger partial charge >= 0.3 is 0 Å². The lowest BCUT2D eigenvalue weighted by molar-refractivity contribution is 0.0727. The molecule has 16 heavy (non-hydrogen) atoms. The normalized spacial score (nSPS) is 33.6. The van der Waals surface area contributed by atoms with Gasteiger partial charge in [0, 0.05) is 12.5 Å². The van der Waals surface area contributed by atoms with Crippen molar-refractivity contribution in [1.29, 1.82) is 0 Å². The summed E-state index contributed by atoms with van der Waals surface area (Å²) in [4.78, 5) is 7.07. The van der Waals surface area contributed by atoms with Crippen molar-refractivity contribution in [2.24, 2.45) is 5.92 Å². The molecule has 0 spiro atoms. The third-order valence-electron chi connectivity index (χ3n) is 3.95. The summed E-state index contributed by atoms with van der Waals surface area (Å²) in [5.74, 6) is 3.34. The van der Waals surface area contributed by atoms with Crippen LogP contribution in [-0.4, -0.2) is 34.7 Å². The minimum Gasteiger partial charge on any atom is -0.339 e. The maximum absolute atomic E-state index is 5.43. The van der Waals surface area contributed by atoms with E-state index in [9.17, 15) is 0 Å². The van der Waals surface area contributed by atoms with E-state index in [0.717, 1.165) is 24.2 Å². The Morgan fingerprint density at radius 2 is 2.06 bits per heavy atom. The summed E-state index contributed by atoms with van der Waals surface area (Å²) < 4.78 is 5.43. The first kappa shape index (κ1) is 10.3. The number of hydrogen-bond acceptors (Lipinski definition) is 4. The van der Waals surface area contributed by atoms with Gasteiger partial charge in [-0.2, -0.15) is 4.98 Å². The maximum Gasteiger partial charge on any atom is 0.231 e. The number of fused-ring (bicyclic) bond motifs is 3. The molecule has 4 heterocycles. The zero-order valence-electron chi connectivity index (χ0n) is 10.0. The van der Waals surface area contributed by atoms with E-state index in [0.29, 0.717) is 11.8 Å². The first-order valence-electron chi connectivity index (χ1n) is 6.30. The Morgan fingerprint density at radius 1 is 1.31 bits per heavy atom. The van der Waals surface area contributed by atoms with Crippen molar-refractivity contribution >= 4 is 0 Å². The quantitative estimate of drug-likeness (QED) is 0.766. The fraction of sp³-hybridized carbons (Fsp3) is 0.833. The van der Waals surface area contributed by atoms with Crippen molar-refractivity contribution in [3.63, 3.8) is 0 Å². The van der Waals surface area contributed by atoms with Crippen LogP contribution in [0.3, 0.4) is 0 Å². The van der Waals surface area contributed by atoms with Gasteiger partial charge in [-0.15, -0.1) is 0 Å². The third-order valence-corrected chi connectivity index (χ3v) is 3.95. The van der Waals surface area contributed by atoms with Gasteiger partial charge in [-0.25, -0.2) is 0 Å². The highest BCUT2D eigenvalue weighted by Crippen LogP contribution is 2.38. The standard InChI is InChI=1S/C12H19N3O/c1-8(2)11-13-12(16-14-11)10-7-15-5-3-9(10)4-6-15/h8-10H,3-7H2,1-2H3. The smallest absolute Gasteiger partial charge is 0.231 e. The largest absolute Gasteiger partial charge is 0.339 e. The number of piperidine rings is 3. The molecule has 0 N–H and O–H groups in total. The summed E-state index contributed by atoms with van der Waals surface area (Å²) in [5.41, 5.74) is 0. The van der Waals surface area contributed by atoms with E-state index >= 15 is 0 Å². The van der Waals surface area contributed by atoms with Crippen LogP contribution in [0.5, 0.6) is 0 Å². The number of rotatable bonds is 2. The van der Waals surface area contributed by atoms with E-state index in [2.05, 4.69) is 28.9 Å². The summed E-state index contributed by atoms with van der Waals surface area (Å²) in [6.07, 6.45) is 2.59. The Bertz CT molecular complexity index is 366. The summed E-state index contributed by atoms with van der Waals surface area (Å²) >= 11 is 0. The van der Waals surface area contributed by atoms with E-state index in [1.807, 2.05) is 0 Å². The van der Waals surface area contributed by atoms with Crippen LogP contribution in [0.4, 0.5) is 0 Å². The minimum absolute atomic E-state index is 0.360. The highest BCUT2D eigenvalue weighted by atomic mass is 16.5. The number of hydrogen-bond donors (Lipinski definition) is 0. The molecule has 88 valence electrons. The molecule has 4 nitrogen and oxygen atoms in total. The van der Waals surface area contributed by atoms with Gasteiger partial charge < -0.3 is 9.42 Å². The third kappa shape index (κ3) is 1.65. The van der Waals surface area contributed by atoms with Crippen LogP contribution in [0.2, 0.25) is 0 Å². The SMILES string of the molecule is CC(C)c1noc(C2CN3CCC2CC3)n1. The molecule has 4 rings (SSSR count). The molecule has 0 saturated carbocycles. The second-order valence-electron chi connectivity index (χ2n) is 5.39. The molecule has 4 heteroatoms. The van der Waals surface area contributed by atoms with E-state index in [1.54, 1.807) is 0 Å². The fourth-order valence-electron chi connectivity index (χ4n) is 2.88. The lowest BCUT2D eigenvalue weighted by Crippen LogP contribution is -2.46. The molecule has 1 aromatic heterocycles. The molecule has 3 fully saturated rings. The monoisotopic (exact) mass is 221 g/mol. The first-order valence-corrected chi connectivity index (χ1v) is 6.30. The summed E-state index contributed by atoms with van der Waals surface area (Å²) in [6, 6.07) is 0. The van der Waals surface area contributed by atoms with Crippen molar-refractivity contribution in [3.8, 4) is 0 Å². The molecule has 1 atom stereocenters. The Kier molecular flexibility index (Phi) is 2.46. The van der Waals surface area contributed by atoms with Crippen LogP contribution in [0.15, 0.2) is 4.52 Å². The molecule has 3 aliphatic heterocycles. The molecule has 0 aromatic carbocycles. The predicted octanol–water partition coefficient (Wildman–Crippen LogP) is 2.00. The highest BCUT2D eigenvalue weighted by molar-refractivity contribution is 5.04. The second kappa shape index (κ2) is 3.84. The molecule has 0 aliphatic carbocycles. The Hall–Kier alpha value is -0.900. The molecule has 0 radical (unpaired) electrons. The van der Waals surface area contributed by atoms with Gasteiger partial charge in [0.1, 0.15) is 0 Å². The number of nitrogens with zero attached hydrogens (tertiary/aromatic N) is 3. The minimum atomic E-state index is 0.360. The van der Waals surface area contributed by atoms with Crippen molar-refractivity contribution < 1.29 is 4.52 Å². The van der Waals surface area contributed by atoms with Crippen molar-refractivity contribution in [3.05, 3.63) is 11.7 Å². The molecule has 3 aliphatic rings. The van der Waals surface area contributed by atoms with Crippen LogP contribution in [0.1, 0.15) is 50.2 Å². The number of aromatic nitrogens is 2. The summed E-state index contributed by atoms with van der Waals surface area (Å²) in [7, 11) is 0. The lowest BCUT2D eigenvalue weighted by Gasteiger charge is -2.43. The Balaban J connectivity index is 1.81. The fourth-order valence-corrected chi connectivity index (χ4v) is 2.88. The second-order valence-corrected chi connectivity index (χ2v) is 5.39. The van der Waals surface area contributed by atoms with Gasteiger partial charge in [-0.3, -0.25) is 0 Å². The summed E-state index contributed by atoms with van der Waals surface area (Å²) in [6.45, 7) is 7.83. The van der Waals surface area contributed by atoms with Crippen LogP contribution in [0.25, 0.3) is 0 Å². The van der Waals surface area contributed by atoms with E-state index in [1.165, 1.54) is 25.9 Å². The van der Waals surface area contributed by atoms with E-state index in [-0.39, 0.29) is 0 Å². The van der Waals surface area contributed by atoms with Crippen LogP contribution >= 0.6 is 0 Å². The van der Waals surface area contributed by atoms with Crippen molar-refractivity contribution in [1.82, 2.24) is 15.0 Å². The maximum atomic E-state index is 5.43. The zero-order valence-corrected chi connectivity index (χ0v) is 10.0. The van der Waals surface area contributed by atoms with Crippen LogP contribution < -0.4 is 0 Å². The average Bonchev–Trinajstić information content (AvgIpc) is 2.80. The molecule has 2 bridgehead atoms. The average molecular weight is 221 g/mol. The lowest BCUT2D eigenvalue weighted by atomic mass is 9.79. The topological polar surface area (TPSA) is 42.2 Å². The van der Waals surface area contributed by atoms with Gasteiger partial charge in [0.15, 0.2) is 5.82 Å². The molecule has 0 amide bonds. The molecule has 1 unspecified atom stereocenters. The van der Waals surface area contributed by atoms with E-state index in [4.69, 9.17) is 4.52 Å². The van der Waals surface area contributed by atoms with Gasteiger partial charge in [0.25, 0.3) is 0 Å². The Morgan fingerprint density at radius 3 is 2.56 bits per heavy atom. The summed E-state index contributed by atoms with van der Waals surface area (Å²) in [5, 5.41) is 4.07. The molecular formula is C12H19N3O. The van der Waals surface area contributed by atoms with Gasteiger partial charge in [0.2, 0.25) is 5.89 Å². The van der Waals surface area contributed by atoms with Crippen LogP contribution in [-0.2, 0) is 0 Å². The highest BCUT2D eigenvalue weighted by Gasteiger charge is 2.38. The van der Waals surface area contributed by atoms with Gasteiger partial charge in [0.05, 0.1) is 5.92 Å². The zero-order chi connectivity index (χ0) is 11.1. The van der Waals surface area contributed by atoms with E-state index < -0.39 is 0 Å².